The molecule has 0 spiro atoms. The minimum Gasteiger partial charge on any atom is -0.490 e. The molecule has 0 radical (unpaired) electrons. The van der Waals surface area contributed by atoms with Crippen LogP contribution in [0.1, 0.15) is 43.5 Å². The van der Waals surface area contributed by atoms with Crippen molar-refractivity contribution in [2.75, 3.05) is 77.4 Å². The van der Waals surface area contributed by atoms with Crippen LogP contribution in [0.4, 0.5) is 14.6 Å². The van der Waals surface area contributed by atoms with E-state index in [1.165, 1.54) is 47.0 Å². The van der Waals surface area contributed by atoms with Gasteiger partial charge in [0, 0.05) is 31.9 Å². The summed E-state index contributed by atoms with van der Waals surface area (Å²) in [5.74, 6) is -1.82. The fraction of sp³-hybridized carbons (Fsp3) is 0.400. The monoisotopic (exact) mass is 890 g/mol. The van der Waals surface area contributed by atoms with Gasteiger partial charge in [0.15, 0.2) is 11.5 Å². The quantitative estimate of drug-likeness (QED) is 0.0515. The van der Waals surface area contributed by atoms with Crippen LogP contribution < -0.4 is 15.3 Å². The molecule has 1 saturated heterocycles. The lowest BCUT2D eigenvalue weighted by Gasteiger charge is -2.40. The maximum absolute atomic E-state index is 16.6. The SMILES string of the molecule is C=CC(=O)N1CCN(c2nc(=O)n(-c3c(C)ccnc3C(C)C)c3nc(-c4c(F)cccc4OCCOCCOCCOCCOS(=O)(=O)c4ccc(C)cc4)c(F)cc23)[C@@H](C)C1. The fourth-order valence-electron chi connectivity index (χ4n) is 7.17. The predicted octanol–water partition coefficient (Wildman–Crippen LogP) is 5.92. The summed E-state index contributed by atoms with van der Waals surface area (Å²) < 4.78 is 85.8. The number of amides is 1. The number of fused-ring (bicyclic) bond motifs is 1. The number of nitrogens with zero attached hydrogens (tertiary/aromatic N) is 6. The molecule has 6 rings (SSSR count). The molecule has 1 aliphatic rings. The minimum atomic E-state index is -3.87. The van der Waals surface area contributed by atoms with Gasteiger partial charge >= 0.3 is 5.69 Å². The van der Waals surface area contributed by atoms with Gasteiger partial charge in [0.25, 0.3) is 10.1 Å². The summed E-state index contributed by atoms with van der Waals surface area (Å²) in [5, 5.41) is 0.212. The highest BCUT2D eigenvalue weighted by molar-refractivity contribution is 7.86. The Hall–Kier alpha value is -5.66. The van der Waals surface area contributed by atoms with Crippen molar-refractivity contribution in [2.45, 2.75) is 51.5 Å². The number of pyridine rings is 2. The van der Waals surface area contributed by atoms with Crippen molar-refractivity contribution in [2.24, 2.45) is 0 Å². The highest BCUT2D eigenvalue weighted by atomic mass is 32.2. The minimum absolute atomic E-state index is 0.00799. The summed E-state index contributed by atoms with van der Waals surface area (Å²) in [7, 11) is -3.87. The number of piperazine rings is 1. The third-order valence-corrected chi connectivity index (χ3v) is 11.7. The summed E-state index contributed by atoms with van der Waals surface area (Å²) in [5.41, 5.74) is 1.40. The molecule has 336 valence electrons. The number of aryl methyl sites for hydroxylation is 2. The van der Waals surface area contributed by atoms with Crippen LogP contribution in [0.25, 0.3) is 28.0 Å². The third-order valence-electron chi connectivity index (χ3n) is 10.3. The molecule has 5 aromatic rings. The average Bonchev–Trinajstić information content (AvgIpc) is 3.25. The van der Waals surface area contributed by atoms with Crippen LogP contribution in [0.5, 0.6) is 5.75 Å². The number of benzene rings is 2. The van der Waals surface area contributed by atoms with Gasteiger partial charge in [-0.25, -0.2) is 23.1 Å². The van der Waals surface area contributed by atoms with Crippen molar-refractivity contribution < 1.29 is 45.1 Å². The van der Waals surface area contributed by atoms with Gasteiger partial charge in [0.05, 0.1) is 73.5 Å². The van der Waals surface area contributed by atoms with Gasteiger partial charge in [-0.3, -0.25) is 14.0 Å². The number of aromatic nitrogens is 4. The molecule has 0 aliphatic carbocycles. The first-order valence-corrected chi connectivity index (χ1v) is 22.0. The summed E-state index contributed by atoms with van der Waals surface area (Å²) in [6, 6.07) is 13.1. The average molecular weight is 891 g/mol. The zero-order chi connectivity index (χ0) is 45.3. The van der Waals surface area contributed by atoms with Crippen molar-refractivity contribution in [1.29, 1.82) is 0 Å². The van der Waals surface area contributed by atoms with Crippen molar-refractivity contribution in [3.63, 3.8) is 0 Å². The van der Waals surface area contributed by atoms with Gasteiger partial charge < -0.3 is 28.7 Å². The van der Waals surface area contributed by atoms with Crippen LogP contribution in [0.3, 0.4) is 0 Å². The van der Waals surface area contributed by atoms with E-state index in [1.54, 1.807) is 29.3 Å². The lowest BCUT2D eigenvalue weighted by atomic mass is 10.0. The summed E-state index contributed by atoms with van der Waals surface area (Å²) in [4.78, 5) is 44.1. The second-order valence-corrected chi connectivity index (χ2v) is 16.8. The predicted molar refractivity (Wildman–Crippen MR) is 233 cm³/mol. The van der Waals surface area contributed by atoms with E-state index in [2.05, 4.69) is 16.5 Å². The summed E-state index contributed by atoms with van der Waals surface area (Å²) >= 11 is 0. The first-order valence-electron chi connectivity index (χ1n) is 20.6. The maximum Gasteiger partial charge on any atom is 0.355 e. The van der Waals surface area contributed by atoms with E-state index in [4.69, 9.17) is 28.1 Å². The molecular weight excluding hydrogens is 839 g/mol. The second kappa shape index (κ2) is 21.1. The Kier molecular flexibility index (Phi) is 15.7. The highest BCUT2D eigenvalue weighted by Gasteiger charge is 2.31. The molecule has 2 aromatic carbocycles. The van der Waals surface area contributed by atoms with Gasteiger partial charge in [0.2, 0.25) is 5.91 Å². The number of carbonyl (C=O) groups excluding carboxylic acids is 1. The van der Waals surface area contributed by atoms with Crippen molar-refractivity contribution in [1.82, 2.24) is 24.4 Å². The normalized spacial score (nSPS) is 14.4. The number of rotatable bonds is 20. The molecule has 3 aromatic heterocycles. The molecule has 0 N–H and O–H groups in total. The molecule has 18 heteroatoms. The van der Waals surface area contributed by atoms with Crippen molar-refractivity contribution in [3.05, 3.63) is 112 Å². The van der Waals surface area contributed by atoms with Crippen LogP contribution in [0.2, 0.25) is 0 Å². The largest absolute Gasteiger partial charge is 0.490 e. The fourth-order valence-corrected chi connectivity index (χ4v) is 8.06. The summed E-state index contributed by atoms with van der Waals surface area (Å²) in [6.45, 7) is 14.8. The lowest BCUT2D eigenvalue weighted by molar-refractivity contribution is -0.126. The Balaban J connectivity index is 1.13. The Morgan fingerprint density at radius 3 is 2.22 bits per heavy atom. The van der Waals surface area contributed by atoms with Crippen LogP contribution in [-0.2, 0) is 33.3 Å². The van der Waals surface area contributed by atoms with E-state index in [9.17, 15) is 18.0 Å². The molecule has 0 unspecified atom stereocenters. The number of anilines is 1. The van der Waals surface area contributed by atoms with E-state index in [-0.39, 0.29) is 109 Å². The van der Waals surface area contributed by atoms with E-state index in [1.807, 2.05) is 39.5 Å². The topological polar surface area (TPSA) is 165 Å². The van der Waals surface area contributed by atoms with E-state index < -0.39 is 27.4 Å². The Morgan fingerprint density at radius 2 is 1.57 bits per heavy atom. The van der Waals surface area contributed by atoms with E-state index in [0.717, 1.165) is 5.56 Å². The molecule has 4 heterocycles. The lowest BCUT2D eigenvalue weighted by Crippen LogP contribution is -2.54. The molecule has 0 saturated carbocycles. The highest BCUT2D eigenvalue weighted by Crippen LogP contribution is 2.37. The van der Waals surface area contributed by atoms with Gasteiger partial charge in [-0.2, -0.15) is 13.4 Å². The number of ether oxygens (including phenoxy) is 4. The standard InChI is InChI=1S/C45H52F2N6O9S/c1-7-38(54)51-17-18-52(32(6)28-51)43-34-27-36(47)41(49-44(34)53(45(55)50-43)42-31(5)15-16-48-40(42)29(2)3)39-35(46)9-8-10-37(39)61-25-23-59-21-19-58-20-22-60-24-26-62-63(56,57)33-13-11-30(4)12-14-33/h7-16,27,29,32H,1,17-26,28H2,2-6H3/t32-/m0/s1. The number of hydrogen-bond acceptors (Lipinski definition) is 13. The van der Waals surface area contributed by atoms with Crippen molar-refractivity contribution in [3.8, 4) is 22.7 Å². The summed E-state index contributed by atoms with van der Waals surface area (Å²) in [6.07, 6.45) is 2.90. The van der Waals surface area contributed by atoms with Crippen LogP contribution in [0, 0.1) is 25.5 Å². The van der Waals surface area contributed by atoms with Crippen molar-refractivity contribution >= 4 is 32.9 Å². The molecule has 1 atom stereocenters. The maximum atomic E-state index is 16.6. The Labute approximate surface area is 365 Å². The second-order valence-electron chi connectivity index (χ2n) is 15.2. The zero-order valence-corrected chi connectivity index (χ0v) is 36.8. The zero-order valence-electron chi connectivity index (χ0n) is 36.0. The smallest absolute Gasteiger partial charge is 0.355 e. The van der Waals surface area contributed by atoms with E-state index in [0.29, 0.717) is 36.6 Å². The van der Waals surface area contributed by atoms with Crippen LogP contribution >= 0.6 is 0 Å². The molecule has 15 nitrogen and oxygen atoms in total. The molecule has 1 fully saturated rings. The molecule has 1 amide bonds. The van der Waals surface area contributed by atoms with Crippen LogP contribution in [-0.4, -0.2) is 117 Å². The van der Waals surface area contributed by atoms with Gasteiger partial charge in [-0.15, -0.1) is 0 Å². The Bertz CT molecular complexity index is 2590. The van der Waals surface area contributed by atoms with Gasteiger partial charge in [0.1, 0.15) is 29.7 Å². The number of carbonyl (C=O) groups is 1. The number of halogens is 2. The molecule has 63 heavy (non-hydrogen) atoms. The first-order chi connectivity index (χ1) is 30.2. The molecule has 1 aliphatic heterocycles. The third kappa shape index (κ3) is 11.1. The molecule has 0 bridgehead atoms. The van der Waals surface area contributed by atoms with Crippen LogP contribution in [0.15, 0.2) is 83.1 Å². The van der Waals surface area contributed by atoms with Gasteiger partial charge in [-0.1, -0.05) is 44.2 Å². The van der Waals surface area contributed by atoms with E-state index >= 15 is 8.78 Å². The number of hydrogen-bond donors (Lipinski definition) is 0. The Morgan fingerprint density at radius 1 is 0.905 bits per heavy atom. The molecular formula is C45H52F2N6O9S. The first kappa shape index (κ1) is 46.8. The van der Waals surface area contributed by atoms with Gasteiger partial charge in [-0.05, 0) is 74.7 Å².